The lowest BCUT2D eigenvalue weighted by atomic mass is 10.0. The predicted molar refractivity (Wildman–Crippen MR) is 187 cm³/mol. The minimum Gasteiger partial charge on any atom is -0.508 e. The molecule has 0 aliphatic heterocycles. The monoisotopic (exact) mass is 612 g/mol. The van der Waals surface area contributed by atoms with E-state index in [1.54, 1.807) is 24.3 Å². The molecule has 6 heteroatoms. The predicted octanol–water partition coefficient (Wildman–Crippen LogP) is 9.33. The Morgan fingerprint density at radius 3 is 1.02 bits per heavy atom. The Kier molecular flexibility index (Phi) is 10.5. The summed E-state index contributed by atoms with van der Waals surface area (Å²) in [5.41, 5.74) is 6.62. The van der Waals surface area contributed by atoms with Crippen LogP contribution in [0.25, 0.3) is 22.3 Å². The first-order valence-electron chi connectivity index (χ1n) is 15.9. The zero-order chi connectivity index (χ0) is 32.5. The van der Waals surface area contributed by atoms with Crippen LogP contribution in [0.3, 0.4) is 0 Å². The molecule has 0 saturated heterocycles. The molecule has 5 aromatic carbocycles. The molecule has 0 fully saturated rings. The molecule has 0 heterocycles. The second-order valence-corrected chi connectivity index (χ2v) is 11.4. The maximum Gasteiger partial charge on any atom is 0.258 e. The highest BCUT2D eigenvalue weighted by atomic mass is 16.3. The highest BCUT2D eigenvalue weighted by Crippen LogP contribution is 2.28. The van der Waals surface area contributed by atoms with Crippen molar-refractivity contribution in [2.75, 3.05) is 22.9 Å². The van der Waals surface area contributed by atoms with Crippen LogP contribution in [0.1, 0.15) is 60.2 Å². The molecule has 0 atom stereocenters. The maximum absolute atomic E-state index is 13.8. The van der Waals surface area contributed by atoms with Gasteiger partial charge in [0, 0.05) is 35.6 Å². The van der Waals surface area contributed by atoms with Crippen LogP contribution in [-0.4, -0.2) is 35.1 Å². The van der Waals surface area contributed by atoms with Crippen molar-refractivity contribution in [1.82, 2.24) is 0 Å². The first-order valence-corrected chi connectivity index (χ1v) is 15.9. The normalized spacial score (nSPS) is 10.8. The molecule has 0 radical (unpaired) electrons. The third-order valence-corrected chi connectivity index (χ3v) is 8.10. The number of amides is 2. The summed E-state index contributed by atoms with van der Waals surface area (Å²) in [7, 11) is 0. The van der Waals surface area contributed by atoms with Crippen LogP contribution in [0.5, 0.6) is 11.5 Å². The van der Waals surface area contributed by atoms with Gasteiger partial charge in [-0.3, -0.25) is 9.59 Å². The largest absolute Gasteiger partial charge is 0.508 e. The summed E-state index contributed by atoms with van der Waals surface area (Å²) < 4.78 is 0. The molecular weight excluding hydrogens is 572 g/mol. The number of rotatable bonds is 12. The van der Waals surface area contributed by atoms with Gasteiger partial charge in [-0.15, -0.1) is 0 Å². The first-order chi connectivity index (χ1) is 22.4. The van der Waals surface area contributed by atoms with Gasteiger partial charge < -0.3 is 20.0 Å². The zero-order valence-corrected chi connectivity index (χ0v) is 26.4. The molecule has 0 aliphatic carbocycles. The summed E-state index contributed by atoms with van der Waals surface area (Å²) in [5.74, 6) is 0.274. The van der Waals surface area contributed by atoms with Crippen LogP contribution in [0.15, 0.2) is 121 Å². The lowest BCUT2D eigenvalue weighted by molar-refractivity contribution is 0.0978. The van der Waals surface area contributed by atoms with E-state index in [1.807, 2.05) is 107 Å². The number of benzene rings is 5. The average molecular weight is 613 g/mol. The van der Waals surface area contributed by atoms with Crippen molar-refractivity contribution in [3.05, 3.63) is 132 Å². The molecule has 46 heavy (non-hydrogen) atoms. The smallest absolute Gasteiger partial charge is 0.258 e. The SMILES string of the molecule is CCCCN(C(=O)c1ccc(-c2ccc(O)cc2)cc1)c1ccc(N(CCCC)C(=O)c2ccc(-c3ccc(O)cc3)cc2)cc1. The Morgan fingerprint density at radius 2 is 0.739 bits per heavy atom. The molecule has 0 aliphatic rings. The minimum atomic E-state index is -0.0777. The Morgan fingerprint density at radius 1 is 0.457 bits per heavy atom. The molecular formula is C40H40N2O4. The van der Waals surface area contributed by atoms with E-state index in [2.05, 4.69) is 13.8 Å². The van der Waals surface area contributed by atoms with Crippen LogP contribution >= 0.6 is 0 Å². The van der Waals surface area contributed by atoms with E-state index >= 15 is 0 Å². The van der Waals surface area contributed by atoms with Gasteiger partial charge in [0.15, 0.2) is 0 Å². The highest BCUT2D eigenvalue weighted by molar-refractivity contribution is 6.08. The van der Waals surface area contributed by atoms with Crippen molar-refractivity contribution in [3.8, 4) is 33.8 Å². The van der Waals surface area contributed by atoms with Gasteiger partial charge in [0.2, 0.25) is 0 Å². The average Bonchev–Trinajstić information content (AvgIpc) is 3.10. The van der Waals surface area contributed by atoms with Crippen molar-refractivity contribution >= 4 is 23.2 Å². The molecule has 0 spiro atoms. The van der Waals surface area contributed by atoms with Crippen molar-refractivity contribution in [1.29, 1.82) is 0 Å². The Bertz CT molecular complexity index is 1600. The summed E-state index contributed by atoms with van der Waals surface area (Å²) in [6.45, 7) is 5.37. The number of anilines is 2. The number of nitrogens with zero attached hydrogens (tertiary/aromatic N) is 2. The minimum absolute atomic E-state index is 0.0777. The van der Waals surface area contributed by atoms with Crippen molar-refractivity contribution in [3.63, 3.8) is 0 Å². The van der Waals surface area contributed by atoms with Gasteiger partial charge >= 0.3 is 0 Å². The molecule has 0 unspecified atom stereocenters. The Balaban J connectivity index is 1.35. The number of carbonyl (C=O) groups excluding carboxylic acids is 2. The van der Waals surface area contributed by atoms with Gasteiger partial charge in [0.05, 0.1) is 0 Å². The van der Waals surface area contributed by atoms with Crippen molar-refractivity contribution in [2.24, 2.45) is 0 Å². The van der Waals surface area contributed by atoms with Gasteiger partial charge in [0.1, 0.15) is 11.5 Å². The van der Waals surface area contributed by atoms with Gasteiger partial charge in [-0.05, 0) is 108 Å². The third kappa shape index (κ3) is 7.64. The molecule has 234 valence electrons. The fourth-order valence-electron chi connectivity index (χ4n) is 5.37. The number of phenols is 2. The lowest BCUT2D eigenvalue weighted by Crippen LogP contribution is -2.33. The molecule has 0 bridgehead atoms. The molecule has 0 aromatic heterocycles. The number of unbranched alkanes of at least 4 members (excludes halogenated alkanes) is 2. The number of hydrogen-bond donors (Lipinski definition) is 2. The zero-order valence-electron chi connectivity index (χ0n) is 26.4. The first kappa shape index (κ1) is 32.0. The highest BCUT2D eigenvalue weighted by Gasteiger charge is 2.21. The molecule has 2 N–H and O–H groups in total. The maximum atomic E-state index is 13.8. The van der Waals surface area contributed by atoms with Crippen LogP contribution in [0.4, 0.5) is 11.4 Å². The fraction of sp³-hybridized carbons (Fsp3) is 0.200. The molecule has 5 rings (SSSR count). The van der Waals surface area contributed by atoms with Gasteiger partial charge in [-0.2, -0.15) is 0 Å². The third-order valence-electron chi connectivity index (χ3n) is 8.10. The van der Waals surface area contributed by atoms with Crippen LogP contribution in [0, 0.1) is 0 Å². The van der Waals surface area contributed by atoms with E-state index < -0.39 is 0 Å². The van der Waals surface area contributed by atoms with Crippen LogP contribution in [0.2, 0.25) is 0 Å². The number of phenolic OH excluding ortho intramolecular Hbond substituents is 2. The molecule has 5 aromatic rings. The van der Waals surface area contributed by atoms with E-state index in [1.165, 1.54) is 0 Å². The second-order valence-electron chi connectivity index (χ2n) is 11.4. The van der Waals surface area contributed by atoms with Gasteiger partial charge in [-0.25, -0.2) is 0 Å². The Labute approximate surface area is 271 Å². The second kappa shape index (κ2) is 15.1. The lowest BCUT2D eigenvalue weighted by Gasteiger charge is -2.26. The molecule has 0 saturated carbocycles. The quantitative estimate of drug-likeness (QED) is 0.147. The summed E-state index contributed by atoms with van der Waals surface area (Å²) in [4.78, 5) is 31.1. The number of aromatic hydroxyl groups is 2. The van der Waals surface area contributed by atoms with E-state index in [0.29, 0.717) is 24.2 Å². The van der Waals surface area contributed by atoms with Gasteiger partial charge in [-0.1, -0.05) is 75.2 Å². The number of carbonyl (C=O) groups is 2. The van der Waals surface area contributed by atoms with E-state index in [0.717, 1.165) is 59.3 Å². The standard InChI is InChI=1S/C40H40N2O4/c1-3-5-27-41(39(45)33-11-7-29(8-12-33)31-15-23-37(43)24-16-31)35-19-21-36(22-20-35)42(28-6-4-2)40(46)34-13-9-30(10-14-34)32-17-25-38(44)26-18-32/h7-26,43-44H,3-6,27-28H2,1-2H3. The topological polar surface area (TPSA) is 81.1 Å². The summed E-state index contributed by atoms with van der Waals surface area (Å²) in [6.07, 6.45) is 3.62. The van der Waals surface area contributed by atoms with E-state index in [9.17, 15) is 19.8 Å². The Hall–Kier alpha value is -5.36. The fourth-order valence-corrected chi connectivity index (χ4v) is 5.37. The van der Waals surface area contributed by atoms with E-state index in [-0.39, 0.29) is 23.3 Å². The summed E-state index contributed by atoms with van der Waals surface area (Å²) in [5, 5.41) is 19.2. The van der Waals surface area contributed by atoms with Crippen LogP contribution < -0.4 is 9.80 Å². The van der Waals surface area contributed by atoms with E-state index in [4.69, 9.17) is 0 Å². The van der Waals surface area contributed by atoms with Crippen molar-refractivity contribution < 1.29 is 19.8 Å². The summed E-state index contributed by atoms with van der Waals surface area (Å²) in [6, 6.07) is 36.8. The summed E-state index contributed by atoms with van der Waals surface area (Å²) >= 11 is 0. The number of hydrogen-bond acceptors (Lipinski definition) is 4. The van der Waals surface area contributed by atoms with Gasteiger partial charge in [0.25, 0.3) is 11.8 Å². The van der Waals surface area contributed by atoms with Crippen LogP contribution in [-0.2, 0) is 0 Å². The molecule has 2 amide bonds. The van der Waals surface area contributed by atoms with Crippen molar-refractivity contribution in [2.45, 2.75) is 39.5 Å². The molecule has 6 nitrogen and oxygen atoms in total.